The van der Waals surface area contributed by atoms with Crippen molar-refractivity contribution in [2.75, 3.05) is 17.6 Å². The highest BCUT2D eigenvalue weighted by Crippen LogP contribution is 2.21. The lowest BCUT2D eigenvalue weighted by atomic mass is 10.1. The first kappa shape index (κ1) is 11.5. The number of nitrogen functional groups attached to an aromatic ring is 1. The van der Waals surface area contributed by atoms with Crippen LogP contribution in [0.2, 0.25) is 0 Å². The summed E-state index contributed by atoms with van der Waals surface area (Å²) in [6.07, 6.45) is 7.20. The van der Waals surface area contributed by atoms with Crippen LogP contribution in [-0.4, -0.2) is 6.54 Å². The molecule has 0 aromatic heterocycles. The van der Waals surface area contributed by atoms with Gasteiger partial charge in [-0.1, -0.05) is 11.6 Å². The van der Waals surface area contributed by atoms with E-state index in [0.717, 1.165) is 18.7 Å². The average Bonchev–Trinajstić information content (AvgIpc) is 2.84. The normalized spacial score (nSPS) is 14.2. The van der Waals surface area contributed by atoms with Gasteiger partial charge in [-0.15, -0.1) is 0 Å². The van der Waals surface area contributed by atoms with Gasteiger partial charge in [-0.2, -0.15) is 5.26 Å². The van der Waals surface area contributed by atoms with Crippen LogP contribution in [-0.2, 0) is 0 Å². The molecule has 1 aliphatic rings. The van der Waals surface area contributed by atoms with Crippen LogP contribution in [0.4, 0.5) is 11.4 Å². The quantitative estimate of drug-likeness (QED) is 0.614. The van der Waals surface area contributed by atoms with Gasteiger partial charge in [0.1, 0.15) is 6.07 Å². The zero-order valence-electron chi connectivity index (χ0n) is 9.87. The predicted octanol–water partition coefficient (Wildman–Crippen LogP) is 3.05. The first-order chi connectivity index (χ1) is 8.29. The maximum absolute atomic E-state index is 8.87. The van der Waals surface area contributed by atoms with Crippen LogP contribution in [0.15, 0.2) is 29.8 Å². The van der Waals surface area contributed by atoms with Gasteiger partial charge < -0.3 is 11.1 Å². The van der Waals surface area contributed by atoms with Gasteiger partial charge in [-0.25, -0.2) is 0 Å². The Morgan fingerprint density at radius 1 is 1.41 bits per heavy atom. The number of nitrogens with two attached hydrogens (primary N) is 1. The molecule has 0 unspecified atom stereocenters. The summed E-state index contributed by atoms with van der Waals surface area (Å²) in [5, 5.41) is 12.2. The lowest BCUT2D eigenvalue weighted by Gasteiger charge is -2.08. The van der Waals surface area contributed by atoms with Crippen LogP contribution in [0.3, 0.4) is 0 Å². The summed E-state index contributed by atoms with van der Waals surface area (Å²) in [5.41, 5.74) is 9.26. The lowest BCUT2D eigenvalue weighted by molar-refractivity contribution is 0.863. The van der Waals surface area contributed by atoms with Crippen LogP contribution in [0.5, 0.6) is 0 Å². The van der Waals surface area contributed by atoms with Gasteiger partial charge in [-0.05, 0) is 43.9 Å². The highest BCUT2D eigenvalue weighted by atomic mass is 14.9. The molecular weight excluding hydrogens is 210 g/mol. The molecule has 0 aliphatic heterocycles. The van der Waals surface area contributed by atoms with Crippen molar-refractivity contribution >= 4 is 11.4 Å². The Morgan fingerprint density at radius 3 is 3.00 bits per heavy atom. The largest absolute Gasteiger partial charge is 0.398 e. The van der Waals surface area contributed by atoms with Crippen LogP contribution in [0.25, 0.3) is 0 Å². The number of hydrogen-bond acceptors (Lipinski definition) is 3. The van der Waals surface area contributed by atoms with Crippen molar-refractivity contribution in [1.82, 2.24) is 0 Å². The molecule has 0 amide bonds. The van der Waals surface area contributed by atoms with Gasteiger partial charge in [0.25, 0.3) is 0 Å². The Bertz CT molecular complexity index is 469. The van der Waals surface area contributed by atoms with Crippen molar-refractivity contribution in [1.29, 1.82) is 5.26 Å². The van der Waals surface area contributed by atoms with E-state index in [9.17, 15) is 0 Å². The van der Waals surface area contributed by atoms with E-state index in [0.29, 0.717) is 11.3 Å². The number of nitrogens with zero attached hydrogens (tertiary/aromatic N) is 1. The number of benzene rings is 1. The zero-order valence-corrected chi connectivity index (χ0v) is 9.87. The van der Waals surface area contributed by atoms with Gasteiger partial charge in [0.2, 0.25) is 0 Å². The summed E-state index contributed by atoms with van der Waals surface area (Å²) in [7, 11) is 0. The predicted molar refractivity (Wildman–Crippen MR) is 70.6 cm³/mol. The number of rotatable bonds is 4. The molecule has 3 heteroatoms. The molecule has 88 valence electrons. The molecule has 0 atom stereocenters. The summed E-state index contributed by atoms with van der Waals surface area (Å²) in [4.78, 5) is 0. The fourth-order valence-electron chi connectivity index (χ4n) is 2.09. The third kappa shape index (κ3) is 3.01. The molecule has 0 saturated heterocycles. The fourth-order valence-corrected chi connectivity index (χ4v) is 2.09. The maximum atomic E-state index is 8.87. The topological polar surface area (TPSA) is 61.8 Å². The second kappa shape index (κ2) is 5.40. The summed E-state index contributed by atoms with van der Waals surface area (Å²) >= 11 is 0. The van der Waals surface area contributed by atoms with E-state index in [4.69, 9.17) is 11.0 Å². The van der Waals surface area contributed by atoms with Crippen molar-refractivity contribution < 1.29 is 0 Å². The Labute approximate surface area is 102 Å². The molecule has 1 aliphatic carbocycles. The molecule has 0 bridgehead atoms. The molecule has 3 N–H and O–H groups in total. The summed E-state index contributed by atoms with van der Waals surface area (Å²) in [6, 6.07) is 7.58. The molecule has 1 aromatic rings. The highest BCUT2D eigenvalue weighted by Gasteiger charge is 2.04. The molecule has 0 fully saturated rings. The smallest absolute Gasteiger partial charge is 0.101 e. The van der Waals surface area contributed by atoms with E-state index in [1.807, 2.05) is 6.07 Å². The second-order valence-electron chi connectivity index (χ2n) is 4.35. The summed E-state index contributed by atoms with van der Waals surface area (Å²) in [6.45, 7) is 0.917. The minimum Gasteiger partial charge on any atom is -0.398 e. The van der Waals surface area contributed by atoms with E-state index < -0.39 is 0 Å². The van der Waals surface area contributed by atoms with Gasteiger partial charge in [-0.3, -0.25) is 0 Å². The van der Waals surface area contributed by atoms with Crippen molar-refractivity contribution in [3.05, 3.63) is 35.4 Å². The molecule has 0 radical (unpaired) electrons. The van der Waals surface area contributed by atoms with Gasteiger partial charge in [0, 0.05) is 17.9 Å². The first-order valence-electron chi connectivity index (χ1n) is 6.01. The van der Waals surface area contributed by atoms with Crippen molar-refractivity contribution in [2.24, 2.45) is 0 Å². The van der Waals surface area contributed by atoms with Crippen LogP contribution in [0.1, 0.15) is 31.2 Å². The number of nitrogens with one attached hydrogen (secondary N) is 1. The van der Waals surface area contributed by atoms with Crippen molar-refractivity contribution in [3.63, 3.8) is 0 Å². The van der Waals surface area contributed by atoms with Gasteiger partial charge in [0.15, 0.2) is 0 Å². The second-order valence-corrected chi connectivity index (χ2v) is 4.35. The number of hydrogen-bond donors (Lipinski definition) is 2. The van der Waals surface area contributed by atoms with E-state index in [-0.39, 0.29) is 0 Å². The Hall–Kier alpha value is -1.95. The van der Waals surface area contributed by atoms with Gasteiger partial charge in [0.05, 0.1) is 5.56 Å². The van der Waals surface area contributed by atoms with E-state index in [1.54, 1.807) is 17.7 Å². The highest BCUT2D eigenvalue weighted by molar-refractivity contribution is 5.61. The minimum absolute atomic E-state index is 0.537. The Kier molecular flexibility index (Phi) is 3.66. The third-order valence-electron chi connectivity index (χ3n) is 3.08. The first-order valence-corrected chi connectivity index (χ1v) is 6.01. The fraction of sp³-hybridized carbons (Fsp3) is 0.357. The third-order valence-corrected chi connectivity index (χ3v) is 3.08. The molecule has 0 spiro atoms. The monoisotopic (exact) mass is 227 g/mol. The lowest BCUT2D eigenvalue weighted by Crippen LogP contribution is -2.03. The number of anilines is 2. The van der Waals surface area contributed by atoms with E-state index in [2.05, 4.69) is 17.5 Å². The van der Waals surface area contributed by atoms with Crippen LogP contribution < -0.4 is 11.1 Å². The molecule has 1 aromatic carbocycles. The van der Waals surface area contributed by atoms with Crippen LogP contribution >= 0.6 is 0 Å². The molecular formula is C14H17N3. The minimum atomic E-state index is 0.537. The average molecular weight is 227 g/mol. The zero-order chi connectivity index (χ0) is 12.1. The maximum Gasteiger partial charge on any atom is 0.101 e. The number of nitriles is 1. The van der Waals surface area contributed by atoms with Crippen LogP contribution in [0, 0.1) is 11.3 Å². The van der Waals surface area contributed by atoms with Gasteiger partial charge >= 0.3 is 0 Å². The molecule has 17 heavy (non-hydrogen) atoms. The molecule has 3 nitrogen and oxygen atoms in total. The molecule has 0 heterocycles. The Balaban J connectivity index is 1.88. The van der Waals surface area contributed by atoms with Crippen molar-refractivity contribution in [3.8, 4) is 6.07 Å². The van der Waals surface area contributed by atoms with E-state index in [1.165, 1.54) is 19.3 Å². The van der Waals surface area contributed by atoms with Crippen molar-refractivity contribution in [2.45, 2.75) is 25.7 Å². The molecule has 2 rings (SSSR count). The standard InChI is InChI=1S/C14H17N3/c15-10-12-9-13(5-6-14(12)16)17-8-7-11-3-1-2-4-11/h3,5-6,9,17H,1-2,4,7-8,16H2. The summed E-state index contributed by atoms with van der Waals surface area (Å²) in [5.74, 6) is 0. The molecule has 0 saturated carbocycles. The SMILES string of the molecule is N#Cc1cc(NCCC2=CCCC2)ccc1N. The Morgan fingerprint density at radius 2 is 2.29 bits per heavy atom. The van der Waals surface area contributed by atoms with E-state index >= 15 is 0 Å². The summed E-state index contributed by atoms with van der Waals surface area (Å²) < 4.78 is 0. The number of allylic oxidation sites excluding steroid dienone is 1.